The lowest BCUT2D eigenvalue weighted by atomic mass is 9.88. The van der Waals surface area contributed by atoms with Gasteiger partial charge in [-0.15, -0.1) is 0 Å². The normalized spacial score (nSPS) is 10.9. The van der Waals surface area contributed by atoms with Crippen LogP contribution >= 0.6 is 15.9 Å². The summed E-state index contributed by atoms with van der Waals surface area (Å²) in [6.45, 7) is 11.6. The van der Waals surface area contributed by atoms with Crippen molar-refractivity contribution in [2.45, 2.75) is 131 Å². The number of sulfonamides is 3. The van der Waals surface area contributed by atoms with Gasteiger partial charge >= 0.3 is 7.12 Å². The Labute approximate surface area is 523 Å². The molecule has 0 bridgehead atoms. The van der Waals surface area contributed by atoms with Crippen molar-refractivity contribution in [2.24, 2.45) is 0 Å². The quantitative estimate of drug-likeness (QED) is 0.0499. The van der Waals surface area contributed by atoms with E-state index in [9.17, 15) is 25.3 Å². The van der Waals surface area contributed by atoms with Gasteiger partial charge in [0, 0.05) is 8.64 Å². The number of nitrogens with one attached hydrogen (secondary N) is 3. The number of aryl methyl sites for hydroxylation is 5. The molecule has 5 N–H and O–H groups in total. The second-order valence-electron chi connectivity index (χ2n) is 17.2. The predicted molar refractivity (Wildman–Crippen MR) is 354 cm³/mol. The lowest BCUT2D eigenvalue weighted by molar-refractivity contribution is 0.402. The number of hydrogen-bond donors (Lipinski definition) is 5. The number of nitrogens with zero attached hydrogens (tertiary/aromatic N) is 3. The number of rotatable bonds is 18. The highest BCUT2D eigenvalue weighted by Crippen LogP contribution is 2.36. The molecule has 0 unspecified atom stereocenters. The summed E-state index contributed by atoms with van der Waals surface area (Å²) < 4.78 is 129. The van der Waals surface area contributed by atoms with Gasteiger partial charge in [0.15, 0.2) is 34.2 Å². The number of ether oxygens (including phenoxy) is 3. The number of fused-ring (bicyclic) bond motifs is 3. The number of hydrogen-bond acceptors (Lipinski definition) is 17. The third kappa shape index (κ3) is 19.2. The van der Waals surface area contributed by atoms with Gasteiger partial charge in [0.2, 0.25) is 0 Å². The summed E-state index contributed by atoms with van der Waals surface area (Å²) in [5.74, 6) is 1.35. The first-order chi connectivity index (χ1) is 40.5. The van der Waals surface area contributed by atoms with Crippen LogP contribution in [0.2, 0.25) is 19.9 Å². The first-order valence-corrected chi connectivity index (χ1v) is 31.0. The first-order valence-electron chi connectivity index (χ1n) is 27.2. The summed E-state index contributed by atoms with van der Waals surface area (Å²) in [6, 6.07) is 31.7. The summed E-state index contributed by atoms with van der Waals surface area (Å²) >= 11 is 3.38. The van der Waals surface area contributed by atoms with Crippen molar-refractivity contribution < 1.29 is 67.2 Å². The third-order valence-corrected chi connectivity index (χ3v) is 17.0. The molecule has 20 nitrogen and oxygen atoms in total. The summed E-state index contributed by atoms with van der Waals surface area (Å²) in [5, 5.41) is 29.4. The van der Waals surface area contributed by atoms with Gasteiger partial charge in [-0.1, -0.05) is 141 Å². The molecule has 9 rings (SSSR count). The van der Waals surface area contributed by atoms with Gasteiger partial charge in [0.05, 0.1) is 53.2 Å². The molecule has 3 heterocycles. The van der Waals surface area contributed by atoms with E-state index < -0.39 is 37.2 Å². The number of anilines is 3. The standard InChI is InChI=1S/2C18H20N2O4S.C16H15BrN2O4S.C2H7BO2.2CH3B.3CH4.H2/c2*1-4-12-9-10-14(23-3)16(11-12)25(21,22)20-18-17-13(5-2)7-6-8-15(17)24-19-18;1-3-10-7-8-12(22-2)14(9-10)24(20,21)19-16-15-11(17)5-4-6-13(15)23-18-16;1-2-3(4)5;2*1-2;;;;/h2*6-11H,4-5H2,1-3H3,(H,19,20);4-9H,3H2,1-2H3,(H,18,19);4-5H,2H2,1H3;2*1H3;3*1H4;1H/i;;;;2*1D;;;;. The van der Waals surface area contributed by atoms with E-state index in [0.29, 0.717) is 50.1 Å². The number of aromatic nitrogens is 3. The Morgan fingerprint density at radius 1 is 0.512 bits per heavy atom. The second-order valence-corrected chi connectivity index (χ2v) is 23.0. The zero-order valence-corrected chi connectivity index (χ0v) is 51.6. The van der Waals surface area contributed by atoms with Gasteiger partial charge < -0.3 is 37.8 Å². The van der Waals surface area contributed by atoms with Gasteiger partial charge in [0.1, 0.15) is 31.9 Å². The minimum atomic E-state index is -3.89. The van der Waals surface area contributed by atoms with E-state index in [1.165, 1.54) is 21.3 Å². The van der Waals surface area contributed by atoms with E-state index in [1.807, 2.05) is 77.1 Å². The van der Waals surface area contributed by atoms with Crippen molar-refractivity contribution in [3.63, 3.8) is 0 Å². The van der Waals surface area contributed by atoms with E-state index in [1.54, 1.807) is 73.7 Å². The fraction of sp³-hybridized carbons (Fsp3) is 0.339. The molecule has 4 radical (unpaired) electrons. The van der Waals surface area contributed by atoms with Gasteiger partial charge in [-0.05, 0) is 143 Å². The maximum atomic E-state index is 12.9. The Bertz CT molecular complexity index is 3790. The molecule has 0 saturated carbocycles. The highest BCUT2D eigenvalue weighted by molar-refractivity contribution is 9.10. The Morgan fingerprint density at radius 2 is 0.791 bits per heavy atom. The van der Waals surface area contributed by atoms with Crippen LogP contribution in [0.25, 0.3) is 32.9 Å². The molecule has 0 aliphatic carbocycles. The van der Waals surface area contributed by atoms with Crippen LogP contribution in [-0.2, 0) is 62.2 Å². The molecule has 0 fully saturated rings. The van der Waals surface area contributed by atoms with Crippen LogP contribution in [-0.4, -0.2) is 94.9 Å². The molecule has 27 heteroatoms. The third-order valence-electron chi connectivity index (χ3n) is 12.2. The Hall–Kier alpha value is -7.03. The van der Waals surface area contributed by atoms with E-state index in [2.05, 4.69) is 61.3 Å². The van der Waals surface area contributed by atoms with Gasteiger partial charge in [-0.3, -0.25) is 14.2 Å². The second kappa shape index (κ2) is 36.2. The average molecular weight is 1310 g/mol. The number of methoxy groups -OCH3 is 3. The summed E-state index contributed by atoms with van der Waals surface area (Å²) in [5.41, 5.74) is 6.20. The lowest BCUT2D eigenvalue weighted by Gasteiger charge is -2.12. The van der Waals surface area contributed by atoms with Crippen molar-refractivity contribution in [1.29, 1.82) is 0 Å². The SMILES string of the molecule is C.C.C.CCB(O)O.CCc1ccc(OC)c(S(=O)(=O)Nc2noc3cccc(Br)c23)c1.CCc1ccc(OC)c(S(=O)(=O)Nc2noc3cccc(CC)c23)c1.CCc1ccc(OC)c(S(=O)(=O)Nc2noc3cccc(CC)c23)c1.[2H]C[B].[2H]C[B].[HH]. The van der Waals surface area contributed by atoms with Crippen LogP contribution in [0.15, 0.2) is 142 Å². The van der Waals surface area contributed by atoms with Crippen LogP contribution in [0.1, 0.15) is 95.8 Å². The minimum Gasteiger partial charge on any atom is -0.495 e. The molecule has 9 aromatic rings. The number of halogens is 1. The molecular formula is C59H82B3BrN6O14S3. The molecule has 0 saturated heterocycles. The summed E-state index contributed by atoms with van der Waals surface area (Å²) in [4.78, 5) is 0.228. The lowest BCUT2D eigenvalue weighted by Crippen LogP contribution is -2.15. The Kier molecular flexibility index (Phi) is 30.8. The maximum absolute atomic E-state index is 12.9. The molecular weight excluding hydrogens is 1230 g/mol. The molecule has 0 atom stereocenters. The molecule has 86 heavy (non-hydrogen) atoms. The van der Waals surface area contributed by atoms with E-state index in [0.717, 1.165) is 53.5 Å². The summed E-state index contributed by atoms with van der Waals surface area (Å²) in [6.07, 6.45) is 4.05. The van der Waals surface area contributed by atoms with Crippen molar-refractivity contribution >= 4 is 119 Å². The zero-order valence-electron chi connectivity index (χ0n) is 49.5. The highest BCUT2D eigenvalue weighted by atomic mass is 79.9. The van der Waals surface area contributed by atoms with E-state index >= 15 is 0 Å². The van der Waals surface area contributed by atoms with E-state index in [4.69, 9.17) is 40.6 Å². The van der Waals surface area contributed by atoms with Crippen LogP contribution in [0.3, 0.4) is 0 Å². The Morgan fingerprint density at radius 3 is 1.06 bits per heavy atom. The summed E-state index contributed by atoms with van der Waals surface area (Å²) in [7, 11) is 0.605. The van der Waals surface area contributed by atoms with Crippen LogP contribution < -0.4 is 28.4 Å². The average Bonchev–Trinajstić information content (AvgIpc) is 2.38. The molecule has 0 amide bonds. The largest absolute Gasteiger partial charge is 0.495 e. The maximum Gasteiger partial charge on any atom is 0.451 e. The molecule has 0 spiro atoms. The highest BCUT2D eigenvalue weighted by Gasteiger charge is 2.27. The fourth-order valence-corrected chi connectivity index (χ4v) is 12.1. The molecule has 0 aliphatic heterocycles. The van der Waals surface area contributed by atoms with Crippen molar-refractivity contribution in [1.82, 2.24) is 15.5 Å². The van der Waals surface area contributed by atoms with Crippen LogP contribution in [0, 0.1) is 0 Å². The molecule has 0 aliphatic rings. The fourth-order valence-electron chi connectivity index (χ4n) is 7.87. The van der Waals surface area contributed by atoms with Crippen LogP contribution in [0.5, 0.6) is 17.2 Å². The zero-order chi connectivity index (χ0) is 63.1. The molecule has 6 aromatic carbocycles. The van der Waals surface area contributed by atoms with Gasteiger partial charge in [-0.25, -0.2) is 25.3 Å². The Balaban J connectivity index is 0.00000118. The minimum absolute atomic E-state index is 0. The van der Waals surface area contributed by atoms with Gasteiger partial charge in [0.25, 0.3) is 30.1 Å². The first kappa shape index (κ1) is 73.2. The van der Waals surface area contributed by atoms with Crippen LogP contribution in [0.4, 0.5) is 17.5 Å². The van der Waals surface area contributed by atoms with Gasteiger partial charge in [-0.2, -0.15) is 0 Å². The molecule has 466 valence electrons. The molecule has 3 aromatic heterocycles. The topological polar surface area (TPSA) is 285 Å². The van der Waals surface area contributed by atoms with Crippen molar-refractivity contribution in [3.05, 3.63) is 141 Å². The van der Waals surface area contributed by atoms with Crippen molar-refractivity contribution in [2.75, 3.05) is 35.5 Å². The smallest absolute Gasteiger partial charge is 0.451 e. The van der Waals surface area contributed by atoms with Crippen molar-refractivity contribution in [3.8, 4) is 17.2 Å². The van der Waals surface area contributed by atoms with E-state index in [-0.39, 0.29) is 86.7 Å². The monoisotopic (exact) mass is 1310 g/mol. The number of benzene rings is 6. The predicted octanol–water partition coefficient (Wildman–Crippen LogP) is 13.5.